The van der Waals surface area contributed by atoms with Crippen LogP contribution in [0.1, 0.15) is 5.56 Å². The molecule has 0 bridgehead atoms. The van der Waals surface area contributed by atoms with Gasteiger partial charge in [0.25, 0.3) is 12.1 Å². The normalized spacial score (nSPS) is 12.6. The van der Waals surface area contributed by atoms with Gasteiger partial charge in [0.15, 0.2) is 0 Å². The van der Waals surface area contributed by atoms with Gasteiger partial charge in [-0.2, -0.15) is 0 Å². The number of hydrogen-bond donors (Lipinski definition) is 2. The van der Waals surface area contributed by atoms with Crippen LogP contribution < -0.4 is 24.7 Å². The van der Waals surface area contributed by atoms with Gasteiger partial charge in [0.05, 0.1) is 23.1 Å². The van der Waals surface area contributed by atoms with Gasteiger partial charge in [-0.3, -0.25) is 0 Å². The lowest BCUT2D eigenvalue weighted by Crippen LogP contribution is -2.30. The Kier molecular flexibility index (Phi) is 5.41. The van der Waals surface area contributed by atoms with Crippen molar-refractivity contribution in [3.8, 4) is 11.5 Å². The van der Waals surface area contributed by atoms with E-state index in [-0.39, 0.29) is 12.4 Å². The standard InChI is InChI=1S/C24H20ClFN4O2/c1-30-14-28-24(18-11-20-23(12-21(18)30)31-8-7-27-20)29-17-5-6-22(19(25)10-17)32-13-15-3-2-4-16(26)9-15/h2-6,9-12,14,27H,7-8,13H2,1H3/p+1. The van der Waals surface area contributed by atoms with Crippen LogP contribution in [0.3, 0.4) is 0 Å². The molecule has 0 amide bonds. The molecule has 0 aliphatic carbocycles. The lowest BCUT2D eigenvalue weighted by molar-refractivity contribution is -0.647. The first kappa shape index (κ1) is 20.3. The maximum Gasteiger partial charge on any atom is 0.289 e. The van der Waals surface area contributed by atoms with E-state index in [1.165, 1.54) is 12.1 Å². The maximum absolute atomic E-state index is 13.4. The summed E-state index contributed by atoms with van der Waals surface area (Å²) >= 11 is 6.44. The fourth-order valence-corrected chi connectivity index (χ4v) is 3.89. The number of ether oxygens (including phenoxy) is 2. The Morgan fingerprint density at radius 1 is 1.22 bits per heavy atom. The highest BCUT2D eigenvalue weighted by Crippen LogP contribution is 2.35. The van der Waals surface area contributed by atoms with E-state index in [4.69, 9.17) is 21.1 Å². The Hall–Kier alpha value is -3.58. The molecule has 0 saturated heterocycles. The van der Waals surface area contributed by atoms with Crippen LogP contribution >= 0.6 is 11.6 Å². The molecular weight excluding hydrogens is 431 g/mol. The topological polar surface area (TPSA) is 59.3 Å². The number of aryl methyl sites for hydroxylation is 1. The zero-order chi connectivity index (χ0) is 22.1. The van der Waals surface area contributed by atoms with Crippen LogP contribution in [0, 0.1) is 5.82 Å². The van der Waals surface area contributed by atoms with Crippen molar-refractivity contribution in [3.63, 3.8) is 0 Å². The van der Waals surface area contributed by atoms with Crippen LogP contribution in [-0.4, -0.2) is 18.1 Å². The summed E-state index contributed by atoms with van der Waals surface area (Å²) in [6, 6.07) is 15.8. The second-order valence-electron chi connectivity index (χ2n) is 7.53. The summed E-state index contributed by atoms with van der Waals surface area (Å²) in [7, 11) is 1.95. The molecule has 2 heterocycles. The van der Waals surface area contributed by atoms with Crippen LogP contribution in [0.4, 0.5) is 21.6 Å². The average Bonchev–Trinajstić information content (AvgIpc) is 2.79. The van der Waals surface area contributed by atoms with Crippen LogP contribution in [0.2, 0.25) is 5.02 Å². The predicted octanol–water partition coefficient (Wildman–Crippen LogP) is 4.98. The number of nitrogens with one attached hydrogen (secondary N) is 2. The monoisotopic (exact) mass is 451 g/mol. The Morgan fingerprint density at radius 3 is 2.97 bits per heavy atom. The zero-order valence-electron chi connectivity index (χ0n) is 17.4. The van der Waals surface area contributed by atoms with Crippen LogP contribution in [0.25, 0.3) is 10.9 Å². The molecule has 5 rings (SSSR count). The number of fused-ring (bicyclic) bond motifs is 2. The average molecular weight is 452 g/mol. The Labute approximate surface area is 189 Å². The van der Waals surface area contributed by atoms with Crippen molar-refractivity contribution in [1.82, 2.24) is 4.98 Å². The molecule has 4 aromatic rings. The molecular formula is C24H21ClFN4O2+. The van der Waals surface area contributed by atoms with Crippen molar-refractivity contribution in [3.05, 3.63) is 77.3 Å². The highest BCUT2D eigenvalue weighted by Gasteiger charge is 2.19. The van der Waals surface area contributed by atoms with E-state index in [9.17, 15) is 4.39 Å². The van der Waals surface area contributed by atoms with E-state index in [0.717, 1.165) is 40.1 Å². The van der Waals surface area contributed by atoms with Gasteiger partial charge in [0.1, 0.15) is 36.0 Å². The molecule has 3 aromatic carbocycles. The summed E-state index contributed by atoms with van der Waals surface area (Å²) in [6.07, 6.45) is 1.76. The van der Waals surface area contributed by atoms with Gasteiger partial charge in [-0.15, -0.1) is 0 Å². The van der Waals surface area contributed by atoms with Gasteiger partial charge in [0, 0.05) is 18.3 Å². The third kappa shape index (κ3) is 4.11. The molecule has 8 heteroatoms. The highest BCUT2D eigenvalue weighted by molar-refractivity contribution is 6.32. The summed E-state index contributed by atoms with van der Waals surface area (Å²) in [6.45, 7) is 1.64. The Bertz CT molecular complexity index is 1310. The molecule has 0 saturated carbocycles. The van der Waals surface area contributed by atoms with Gasteiger partial charge in [-0.25, -0.2) is 8.96 Å². The number of rotatable bonds is 5. The minimum atomic E-state index is -0.296. The van der Waals surface area contributed by atoms with Crippen LogP contribution in [0.15, 0.2) is 60.9 Å². The van der Waals surface area contributed by atoms with Gasteiger partial charge in [-0.1, -0.05) is 23.7 Å². The Morgan fingerprint density at radius 2 is 2.12 bits per heavy atom. The summed E-state index contributed by atoms with van der Waals surface area (Å²) in [5.41, 5.74) is 3.44. The molecule has 0 spiro atoms. The summed E-state index contributed by atoms with van der Waals surface area (Å²) in [4.78, 5) is 4.56. The first-order valence-corrected chi connectivity index (χ1v) is 10.6. The van der Waals surface area contributed by atoms with Crippen molar-refractivity contribution in [1.29, 1.82) is 0 Å². The zero-order valence-corrected chi connectivity index (χ0v) is 18.1. The molecule has 0 atom stereocenters. The van der Waals surface area contributed by atoms with E-state index in [1.54, 1.807) is 30.6 Å². The van der Waals surface area contributed by atoms with Crippen molar-refractivity contribution in [2.75, 3.05) is 23.8 Å². The summed E-state index contributed by atoms with van der Waals surface area (Å²) in [5.74, 6) is 1.77. The van der Waals surface area contributed by atoms with Gasteiger partial charge in [-0.05, 0) is 46.9 Å². The molecule has 6 nitrogen and oxygen atoms in total. The van der Waals surface area contributed by atoms with Crippen LogP contribution in [-0.2, 0) is 13.7 Å². The predicted molar refractivity (Wildman–Crippen MR) is 122 cm³/mol. The lowest BCUT2D eigenvalue weighted by Gasteiger charge is -2.19. The maximum atomic E-state index is 13.4. The number of nitrogens with zero attached hydrogens (tertiary/aromatic N) is 2. The molecule has 0 radical (unpaired) electrons. The number of benzene rings is 3. The SMILES string of the molecule is C[n+]1cnc(Nc2ccc(OCc3cccc(F)c3)c(Cl)c2)c2cc3c(cc21)OCCN3. The molecule has 0 unspecified atom stereocenters. The van der Waals surface area contributed by atoms with Crippen molar-refractivity contribution < 1.29 is 18.4 Å². The first-order chi connectivity index (χ1) is 15.6. The number of anilines is 3. The molecule has 1 aliphatic heterocycles. The smallest absolute Gasteiger partial charge is 0.289 e. The second-order valence-corrected chi connectivity index (χ2v) is 7.94. The third-order valence-electron chi connectivity index (χ3n) is 5.25. The number of aromatic nitrogens is 2. The molecule has 0 fully saturated rings. The van der Waals surface area contributed by atoms with E-state index < -0.39 is 0 Å². The van der Waals surface area contributed by atoms with Crippen molar-refractivity contribution in [2.24, 2.45) is 7.05 Å². The molecule has 1 aliphatic rings. The van der Waals surface area contributed by atoms with Gasteiger partial charge in [0.2, 0.25) is 0 Å². The minimum Gasteiger partial charge on any atom is -0.489 e. The highest BCUT2D eigenvalue weighted by atomic mass is 35.5. The number of hydrogen-bond acceptors (Lipinski definition) is 5. The largest absolute Gasteiger partial charge is 0.489 e. The van der Waals surface area contributed by atoms with Crippen molar-refractivity contribution >= 4 is 39.7 Å². The molecule has 2 N–H and O–H groups in total. The van der Waals surface area contributed by atoms with Crippen molar-refractivity contribution in [2.45, 2.75) is 6.61 Å². The van der Waals surface area contributed by atoms with Crippen LogP contribution in [0.5, 0.6) is 11.5 Å². The van der Waals surface area contributed by atoms with E-state index in [0.29, 0.717) is 23.2 Å². The van der Waals surface area contributed by atoms with Gasteiger partial charge < -0.3 is 20.1 Å². The Balaban J connectivity index is 1.39. The fourth-order valence-electron chi connectivity index (χ4n) is 3.65. The first-order valence-electron chi connectivity index (χ1n) is 10.2. The second kappa shape index (κ2) is 8.51. The number of halogens is 2. The third-order valence-corrected chi connectivity index (χ3v) is 5.54. The van der Waals surface area contributed by atoms with E-state index in [2.05, 4.69) is 15.6 Å². The van der Waals surface area contributed by atoms with Gasteiger partial charge >= 0.3 is 0 Å². The molecule has 162 valence electrons. The summed E-state index contributed by atoms with van der Waals surface area (Å²) in [5, 5.41) is 8.11. The van der Waals surface area contributed by atoms with E-state index in [1.807, 2.05) is 29.8 Å². The molecule has 1 aromatic heterocycles. The van der Waals surface area contributed by atoms with E-state index >= 15 is 0 Å². The quantitative estimate of drug-likeness (QED) is 0.419. The minimum absolute atomic E-state index is 0.228. The lowest BCUT2D eigenvalue weighted by atomic mass is 10.1. The molecule has 32 heavy (non-hydrogen) atoms. The summed E-state index contributed by atoms with van der Waals surface area (Å²) < 4.78 is 26.8. The fraction of sp³-hybridized carbons (Fsp3) is 0.167.